The first-order chi connectivity index (χ1) is 18.9. The number of allylic oxidation sites excluding steroid dienone is 1. The van der Waals surface area contributed by atoms with Gasteiger partial charge in [-0.2, -0.15) is 0 Å². The van der Waals surface area contributed by atoms with Crippen molar-refractivity contribution in [1.29, 1.82) is 5.41 Å². The summed E-state index contributed by atoms with van der Waals surface area (Å²) in [4.78, 5) is 32.0. The first kappa shape index (κ1) is 25.7. The number of anilines is 1. The molecule has 3 aromatic carbocycles. The number of hydrogen-bond donors (Lipinski definition) is 4. The van der Waals surface area contributed by atoms with E-state index in [1.54, 1.807) is 13.0 Å². The molecule has 196 valence electrons. The second kappa shape index (κ2) is 10.8. The molecule has 1 fully saturated rings. The molecule has 0 bridgehead atoms. The maximum absolute atomic E-state index is 12.7. The molecule has 5 rings (SSSR count). The third-order valence-corrected chi connectivity index (χ3v) is 6.95. The summed E-state index contributed by atoms with van der Waals surface area (Å²) in [5, 5.41) is 19.5. The Balaban J connectivity index is 1.35. The van der Waals surface area contributed by atoms with Crippen molar-refractivity contribution in [3.8, 4) is 22.4 Å². The molecule has 1 saturated carbocycles. The van der Waals surface area contributed by atoms with Gasteiger partial charge < -0.3 is 20.2 Å². The molecule has 39 heavy (non-hydrogen) atoms. The van der Waals surface area contributed by atoms with Gasteiger partial charge in [-0.1, -0.05) is 78.9 Å². The van der Waals surface area contributed by atoms with Crippen LogP contribution in [-0.4, -0.2) is 33.4 Å². The zero-order valence-electron chi connectivity index (χ0n) is 21.3. The molecule has 1 aliphatic rings. The first-order valence-electron chi connectivity index (χ1n) is 12.6. The Kier molecular flexibility index (Phi) is 7.10. The second-order valence-electron chi connectivity index (χ2n) is 9.50. The van der Waals surface area contributed by atoms with Crippen LogP contribution in [0.4, 0.5) is 10.6 Å². The quantitative estimate of drug-likeness (QED) is 0.180. The van der Waals surface area contributed by atoms with Gasteiger partial charge in [-0.15, -0.1) is 0 Å². The number of H-pyrrole nitrogens is 1. The van der Waals surface area contributed by atoms with Crippen LogP contribution in [0.15, 0.2) is 84.9 Å². The number of carboxylic acids is 1. The lowest BCUT2D eigenvalue weighted by atomic mass is 9.93. The van der Waals surface area contributed by atoms with Crippen molar-refractivity contribution in [2.24, 2.45) is 0 Å². The highest BCUT2D eigenvalue weighted by atomic mass is 16.6. The van der Waals surface area contributed by atoms with Crippen LogP contribution < -0.4 is 5.32 Å². The highest BCUT2D eigenvalue weighted by Gasteiger charge is 2.51. The summed E-state index contributed by atoms with van der Waals surface area (Å²) in [7, 11) is 0. The summed E-state index contributed by atoms with van der Waals surface area (Å²) in [6.07, 6.45) is 4.59. The Morgan fingerprint density at radius 1 is 1.00 bits per heavy atom. The number of aromatic nitrogens is 2. The normalized spacial score (nSPS) is 14.5. The zero-order valence-corrected chi connectivity index (χ0v) is 21.3. The number of rotatable bonds is 9. The Morgan fingerprint density at radius 2 is 1.62 bits per heavy atom. The molecule has 0 saturated heterocycles. The van der Waals surface area contributed by atoms with Gasteiger partial charge in [-0.25, -0.2) is 9.78 Å². The van der Waals surface area contributed by atoms with E-state index in [2.05, 4.69) is 15.3 Å². The Labute approximate surface area is 225 Å². The number of amides is 1. The second-order valence-corrected chi connectivity index (χ2v) is 9.50. The summed E-state index contributed by atoms with van der Waals surface area (Å²) in [6.45, 7) is 1.80. The summed E-state index contributed by atoms with van der Waals surface area (Å²) < 4.78 is 5.56. The minimum absolute atomic E-state index is 0.311. The number of aliphatic carboxylic acids is 1. The molecule has 4 N–H and O–H groups in total. The van der Waals surface area contributed by atoms with Gasteiger partial charge >= 0.3 is 12.1 Å². The number of carboxylic acid groups (broad SMARTS) is 1. The fourth-order valence-electron chi connectivity index (χ4n) is 4.55. The van der Waals surface area contributed by atoms with Crippen LogP contribution in [0, 0.1) is 5.41 Å². The minimum atomic E-state index is -0.767. The van der Waals surface area contributed by atoms with Crippen molar-refractivity contribution in [2.45, 2.75) is 31.3 Å². The zero-order chi connectivity index (χ0) is 27.4. The average molecular weight is 521 g/mol. The lowest BCUT2D eigenvalue weighted by Crippen LogP contribution is -2.19. The molecule has 0 unspecified atom stereocenters. The lowest BCUT2D eigenvalue weighted by Gasteiger charge is -2.14. The van der Waals surface area contributed by atoms with Crippen LogP contribution in [0.5, 0.6) is 0 Å². The maximum atomic E-state index is 12.7. The molecular weight excluding hydrogens is 492 g/mol. The van der Waals surface area contributed by atoms with Gasteiger partial charge in [0.2, 0.25) is 0 Å². The smallest absolute Gasteiger partial charge is 0.413 e. The monoisotopic (exact) mass is 520 g/mol. The van der Waals surface area contributed by atoms with Crippen LogP contribution in [0.25, 0.3) is 28.5 Å². The number of carbonyl (C=O) groups is 2. The molecular formula is C31H28N4O4. The molecule has 1 aromatic heterocycles. The largest absolute Gasteiger partial charge is 0.481 e. The molecule has 1 aliphatic carbocycles. The van der Waals surface area contributed by atoms with E-state index in [1.807, 2.05) is 78.9 Å². The van der Waals surface area contributed by atoms with E-state index in [0.29, 0.717) is 30.2 Å². The van der Waals surface area contributed by atoms with Gasteiger partial charge in [0.05, 0.1) is 11.1 Å². The van der Waals surface area contributed by atoms with Gasteiger partial charge in [-0.05, 0) is 54.2 Å². The number of benzene rings is 3. The number of hydrogen-bond acceptors (Lipinski definition) is 5. The average Bonchev–Trinajstić information content (AvgIpc) is 3.68. The molecule has 0 radical (unpaired) electrons. The Bertz CT molecular complexity index is 1520. The van der Waals surface area contributed by atoms with Gasteiger partial charge in [-0.3, -0.25) is 10.1 Å². The van der Waals surface area contributed by atoms with Crippen molar-refractivity contribution < 1.29 is 19.4 Å². The number of ether oxygens (including phenoxy) is 1. The van der Waals surface area contributed by atoms with Crippen molar-refractivity contribution in [1.82, 2.24) is 9.97 Å². The number of nitrogens with zero attached hydrogens (tertiary/aromatic N) is 1. The van der Waals surface area contributed by atoms with Crippen molar-refractivity contribution in [3.05, 3.63) is 102 Å². The number of aromatic amines is 1. The summed E-state index contributed by atoms with van der Waals surface area (Å²) in [5.41, 5.74) is 4.33. The van der Waals surface area contributed by atoms with E-state index in [0.717, 1.165) is 34.0 Å². The summed E-state index contributed by atoms with van der Waals surface area (Å²) in [6, 6.07) is 24.9. The molecule has 8 heteroatoms. The van der Waals surface area contributed by atoms with E-state index < -0.39 is 23.6 Å². The van der Waals surface area contributed by atoms with Crippen molar-refractivity contribution in [2.75, 3.05) is 5.32 Å². The number of carbonyl (C=O) groups excluding carboxylic acids is 1. The Hall–Kier alpha value is -4.98. The summed E-state index contributed by atoms with van der Waals surface area (Å²) >= 11 is 0. The maximum Gasteiger partial charge on any atom is 0.413 e. The van der Waals surface area contributed by atoms with Gasteiger partial charge in [0, 0.05) is 11.8 Å². The Morgan fingerprint density at radius 3 is 2.21 bits per heavy atom. The van der Waals surface area contributed by atoms with E-state index in [-0.39, 0.29) is 0 Å². The highest BCUT2D eigenvalue weighted by Crippen LogP contribution is 2.48. The molecule has 8 nitrogen and oxygen atoms in total. The number of imidazole rings is 1. The fourth-order valence-corrected chi connectivity index (χ4v) is 4.55. The highest BCUT2D eigenvalue weighted by molar-refractivity contribution is 5.90. The van der Waals surface area contributed by atoms with Crippen molar-refractivity contribution >= 4 is 30.2 Å². The van der Waals surface area contributed by atoms with Crippen LogP contribution in [0.1, 0.15) is 42.8 Å². The van der Waals surface area contributed by atoms with Gasteiger partial charge in [0.1, 0.15) is 11.9 Å². The molecule has 0 spiro atoms. The van der Waals surface area contributed by atoms with Crippen LogP contribution in [-0.2, 0) is 14.9 Å². The van der Waals surface area contributed by atoms with Crippen LogP contribution in [0.3, 0.4) is 0 Å². The standard InChI is InChI=1S/C31H28N4O4/c1-20(21-6-3-2-4-7-21)39-30(38)35-28-27(33-26(34-28)8-5-19-32)24-11-9-22(10-12-24)23-13-15-25(16-14-23)31(17-18-31)29(36)37/h2-16,19-20,32H,17-18H2,1H3,(H,33,34)(H,35,38)(H,36,37)/t20-/m1/s1. The third-order valence-electron chi connectivity index (χ3n) is 6.95. The van der Waals surface area contributed by atoms with E-state index in [4.69, 9.17) is 10.1 Å². The van der Waals surface area contributed by atoms with E-state index in [1.165, 1.54) is 6.08 Å². The fraction of sp³-hybridized carbons (Fsp3) is 0.161. The predicted molar refractivity (Wildman–Crippen MR) is 151 cm³/mol. The molecule has 4 aromatic rings. The van der Waals surface area contributed by atoms with E-state index in [9.17, 15) is 14.7 Å². The van der Waals surface area contributed by atoms with Crippen LogP contribution in [0.2, 0.25) is 0 Å². The van der Waals surface area contributed by atoms with E-state index >= 15 is 0 Å². The lowest BCUT2D eigenvalue weighted by molar-refractivity contribution is -0.140. The molecule has 0 aliphatic heterocycles. The summed E-state index contributed by atoms with van der Waals surface area (Å²) in [5.74, 6) is 0.0224. The van der Waals surface area contributed by atoms with Crippen LogP contribution >= 0.6 is 0 Å². The third kappa shape index (κ3) is 5.50. The van der Waals surface area contributed by atoms with Gasteiger partial charge in [0.25, 0.3) is 0 Å². The minimum Gasteiger partial charge on any atom is -0.481 e. The SMILES string of the molecule is C[C@@H](OC(=O)Nc1nc(C=CC=N)[nH]c1-c1ccc(-c2ccc(C3(C(=O)O)CC3)cc2)cc1)c1ccccc1. The molecule has 1 atom stereocenters. The first-order valence-corrected chi connectivity index (χ1v) is 12.6. The van der Waals surface area contributed by atoms with Crippen molar-refractivity contribution in [3.63, 3.8) is 0 Å². The topological polar surface area (TPSA) is 128 Å². The predicted octanol–water partition coefficient (Wildman–Crippen LogP) is 6.83. The van der Waals surface area contributed by atoms with Gasteiger partial charge in [0.15, 0.2) is 5.82 Å². The molecule has 1 amide bonds. The number of nitrogens with one attached hydrogen (secondary N) is 3. The molecule has 1 heterocycles.